The van der Waals surface area contributed by atoms with Gasteiger partial charge in [-0.15, -0.1) is 0 Å². The molecule has 2 nitrogen and oxygen atoms in total. The van der Waals surface area contributed by atoms with Crippen LogP contribution in [0.4, 0.5) is 0 Å². The average molecular weight is 142 g/mol. The van der Waals surface area contributed by atoms with Crippen LogP contribution in [0.15, 0.2) is 11.5 Å². The van der Waals surface area contributed by atoms with E-state index in [1.807, 2.05) is 13.8 Å². The third-order valence-corrected chi connectivity index (χ3v) is 1.55. The van der Waals surface area contributed by atoms with Gasteiger partial charge in [0, 0.05) is 13.0 Å². The van der Waals surface area contributed by atoms with E-state index in [0.29, 0.717) is 6.10 Å². The van der Waals surface area contributed by atoms with E-state index in [0.717, 1.165) is 24.5 Å². The predicted octanol–water partition coefficient (Wildman–Crippen LogP) is 2.06. The van der Waals surface area contributed by atoms with E-state index in [4.69, 9.17) is 9.47 Å². The second-order valence-corrected chi connectivity index (χ2v) is 2.55. The zero-order valence-electron chi connectivity index (χ0n) is 6.81. The first kappa shape index (κ1) is 7.61. The Kier molecular flexibility index (Phi) is 2.33. The van der Waals surface area contributed by atoms with Crippen molar-refractivity contribution in [2.24, 2.45) is 0 Å². The number of ether oxygens (including phenoxy) is 2. The minimum atomic E-state index is 0.303. The summed E-state index contributed by atoms with van der Waals surface area (Å²) < 4.78 is 10.4. The lowest BCUT2D eigenvalue weighted by Crippen LogP contribution is -2.06. The highest BCUT2D eigenvalue weighted by atomic mass is 16.6. The SMILES string of the molecule is CCOC(C)CC1=C(C)O1. The van der Waals surface area contributed by atoms with Crippen molar-refractivity contribution in [3.05, 3.63) is 11.5 Å². The van der Waals surface area contributed by atoms with Crippen LogP contribution in [0.25, 0.3) is 0 Å². The molecule has 0 bridgehead atoms. The van der Waals surface area contributed by atoms with Crippen molar-refractivity contribution in [1.82, 2.24) is 0 Å². The molecule has 0 aliphatic carbocycles. The Labute approximate surface area is 61.8 Å². The van der Waals surface area contributed by atoms with E-state index in [-0.39, 0.29) is 0 Å². The van der Waals surface area contributed by atoms with Crippen molar-refractivity contribution < 1.29 is 9.47 Å². The Morgan fingerprint density at radius 3 is 2.60 bits per heavy atom. The van der Waals surface area contributed by atoms with Crippen molar-refractivity contribution in [2.45, 2.75) is 33.3 Å². The normalized spacial score (nSPS) is 18.7. The van der Waals surface area contributed by atoms with Crippen LogP contribution in [0.5, 0.6) is 0 Å². The highest BCUT2D eigenvalue weighted by molar-refractivity contribution is 5.15. The van der Waals surface area contributed by atoms with Crippen LogP contribution >= 0.6 is 0 Å². The zero-order chi connectivity index (χ0) is 7.56. The fraction of sp³-hybridized carbons (Fsp3) is 0.750. The number of hydrogen-bond donors (Lipinski definition) is 0. The lowest BCUT2D eigenvalue weighted by molar-refractivity contribution is 0.0739. The lowest BCUT2D eigenvalue weighted by atomic mass is 10.2. The van der Waals surface area contributed by atoms with E-state index in [9.17, 15) is 0 Å². The van der Waals surface area contributed by atoms with Crippen molar-refractivity contribution in [3.8, 4) is 0 Å². The van der Waals surface area contributed by atoms with Gasteiger partial charge in [-0.3, -0.25) is 0 Å². The fourth-order valence-electron chi connectivity index (χ4n) is 0.949. The molecule has 2 heteroatoms. The topological polar surface area (TPSA) is 21.8 Å². The quantitative estimate of drug-likeness (QED) is 0.599. The molecule has 1 atom stereocenters. The maximum atomic E-state index is 5.33. The third kappa shape index (κ3) is 2.03. The number of rotatable bonds is 4. The van der Waals surface area contributed by atoms with E-state index < -0.39 is 0 Å². The fourth-order valence-corrected chi connectivity index (χ4v) is 0.949. The van der Waals surface area contributed by atoms with Gasteiger partial charge in [-0.05, 0) is 20.8 Å². The van der Waals surface area contributed by atoms with Gasteiger partial charge in [0.15, 0.2) is 0 Å². The van der Waals surface area contributed by atoms with Gasteiger partial charge in [0.05, 0.1) is 6.10 Å². The van der Waals surface area contributed by atoms with E-state index in [1.54, 1.807) is 0 Å². The molecule has 58 valence electrons. The Morgan fingerprint density at radius 1 is 1.60 bits per heavy atom. The average Bonchev–Trinajstić information content (AvgIpc) is 2.47. The van der Waals surface area contributed by atoms with Gasteiger partial charge in [-0.2, -0.15) is 0 Å². The molecule has 0 spiro atoms. The second-order valence-electron chi connectivity index (χ2n) is 2.55. The van der Waals surface area contributed by atoms with Crippen molar-refractivity contribution >= 4 is 0 Å². The van der Waals surface area contributed by atoms with Gasteiger partial charge in [-0.25, -0.2) is 0 Å². The zero-order valence-corrected chi connectivity index (χ0v) is 6.81. The van der Waals surface area contributed by atoms with Gasteiger partial charge in [0.1, 0.15) is 11.5 Å². The van der Waals surface area contributed by atoms with E-state index in [2.05, 4.69) is 6.92 Å². The van der Waals surface area contributed by atoms with Gasteiger partial charge < -0.3 is 9.47 Å². The molecule has 1 aliphatic heterocycles. The highest BCUT2D eigenvalue weighted by Crippen LogP contribution is 2.29. The van der Waals surface area contributed by atoms with Crippen molar-refractivity contribution in [3.63, 3.8) is 0 Å². The largest absolute Gasteiger partial charge is 0.459 e. The Balaban J connectivity index is 2.13. The first-order valence-electron chi connectivity index (χ1n) is 3.73. The Bertz CT molecular complexity index is 149. The third-order valence-electron chi connectivity index (χ3n) is 1.55. The molecular formula is C8H14O2. The first-order chi connectivity index (χ1) is 4.74. The second kappa shape index (κ2) is 3.06. The van der Waals surface area contributed by atoms with Crippen LogP contribution in [0, 0.1) is 0 Å². The van der Waals surface area contributed by atoms with Crippen LogP contribution in [-0.4, -0.2) is 12.7 Å². The minimum absolute atomic E-state index is 0.303. The summed E-state index contributed by atoms with van der Waals surface area (Å²) in [5.41, 5.74) is 0. The molecule has 0 N–H and O–H groups in total. The van der Waals surface area contributed by atoms with Crippen LogP contribution < -0.4 is 0 Å². The van der Waals surface area contributed by atoms with Crippen LogP contribution in [0.2, 0.25) is 0 Å². The van der Waals surface area contributed by atoms with Crippen LogP contribution in [-0.2, 0) is 9.47 Å². The summed E-state index contributed by atoms with van der Waals surface area (Å²) in [6.07, 6.45) is 1.23. The smallest absolute Gasteiger partial charge is 0.144 e. The summed E-state index contributed by atoms with van der Waals surface area (Å²) in [6.45, 7) is 6.83. The summed E-state index contributed by atoms with van der Waals surface area (Å²) >= 11 is 0. The van der Waals surface area contributed by atoms with Gasteiger partial charge >= 0.3 is 0 Å². The van der Waals surface area contributed by atoms with Crippen molar-refractivity contribution in [2.75, 3.05) is 6.61 Å². The van der Waals surface area contributed by atoms with Gasteiger partial charge in [0.25, 0.3) is 0 Å². The van der Waals surface area contributed by atoms with Crippen LogP contribution in [0.3, 0.4) is 0 Å². The molecular weight excluding hydrogens is 128 g/mol. The number of allylic oxidation sites excluding steroid dienone is 1. The van der Waals surface area contributed by atoms with Gasteiger partial charge in [0.2, 0.25) is 0 Å². The standard InChI is InChI=1S/C8H14O2/c1-4-9-6(2)5-8-7(3)10-8/h6H,4-5H2,1-3H3. The molecule has 0 aromatic heterocycles. The maximum absolute atomic E-state index is 5.33. The molecule has 1 aliphatic rings. The summed E-state index contributed by atoms with van der Waals surface area (Å²) in [6, 6.07) is 0. The summed E-state index contributed by atoms with van der Waals surface area (Å²) in [5.74, 6) is 2.19. The molecule has 10 heavy (non-hydrogen) atoms. The molecule has 0 saturated carbocycles. The molecule has 0 aromatic rings. The molecule has 0 amide bonds. The van der Waals surface area contributed by atoms with E-state index in [1.165, 1.54) is 0 Å². The Hall–Kier alpha value is -0.500. The lowest BCUT2D eigenvalue weighted by Gasteiger charge is -2.06. The molecule has 1 heterocycles. The number of hydrogen-bond acceptors (Lipinski definition) is 2. The molecule has 0 saturated heterocycles. The summed E-state index contributed by atoms with van der Waals surface area (Å²) in [5, 5.41) is 0. The monoisotopic (exact) mass is 142 g/mol. The molecule has 0 fully saturated rings. The van der Waals surface area contributed by atoms with Gasteiger partial charge in [-0.1, -0.05) is 0 Å². The molecule has 0 radical (unpaired) electrons. The van der Waals surface area contributed by atoms with E-state index >= 15 is 0 Å². The maximum Gasteiger partial charge on any atom is 0.144 e. The van der Waals surface area contributed by atoms with Crippen molar-refractivity contribution in [1.29, 1.82) is 0 Å². The molecule has 1 unspecified atom stereocenters. The highest BCUT2D eigenvalue weighted by Gasteiger charge is 2.21. The molecule has 0 aromatic carbocycles. The Morgan fingerprint density at radius 2 is 2.20 bits per heavy atom. The minimum Gasteiger partial charge on any atom is -0.459 e. The first-order valence-corrected chi connectivity index (χ1v) is 3.73. The molecule has 1 rings (SSSR count). The summed E-state index contributed by atoms with van der Waals surface area (Å²) in [7, 11) is 0. The van der Waals surface area contributed by atoms with Crippen LogP contribution in [0.1, 0.15) is 27.2 Å². The predicted molar refractivity (Wildman–Crippen MR) is 39.5 cm³/mol. The summed E-state index contributed by atoms with van der Waals surface area (Å²) in [4.78, 5) is 0.